The van der Waals surface area contributed by atoms with E-state index in [-0.39, 0.29) is 6.61 Å². The van der Waals surface area contributed by atoms with Gasteiger partial charge in [0.25, 0.3) is 0 Å². The first-order chi connectivity index (χ1) is 10.9. The lowest BCUT2D eigenvalue weighted by Crippen LogP contribution is -2.10. The van der Waals surface area contributed by atoms with Crippen molar-refractivity contribution < 1.29 is 15.0 Å². The highest BCUT2D eigenvalue weighted by Crippen LogP contribution is 2.27. The molecule has 1 rings (SSSR count). The van der Waals surface area contributed by atoms with E-state index >= 15 is 0 Å². The summed E-state index contributed by atoms with van der Waals surface area (Å²) in [7, 11) is 0. The summed E-state index contributed by atoms with van der Waals surface area (Å²) in [5.74, 6) is 0.484. The van der Waals surface area contributed by atoms with E-state index in [0.717, 1.165) is 31.3 Å². The molecule has 0 saturated heterocycles. The van der Waals surface area contributed by atoms with E-state index in [1.165, 1.54) is 5.57 Å². The highest BCUT2D eigenvalue weighted by atomic mass is 16.4. The van der Waals surface area contributed by atoms with Crippen LogP contribution in [0.2, 0.25) is 0 Å². The van der Waals surface area contributed by atoms with Gasteiger partial charge < -0.3 is 10.2 Å². The molecule has 23 heavy (non-hydrogen) atoms. The topological polar surface area (TPSA) is 57.5 Å². The third-order valence-electron chi connectivity index (χ3n) is 4.84. The normalized spacial score (nSPS) is 28.7. The van der Waals surface area contributed by atoms with Crippen LogP contribution in [0.4, 0.5) is 0 Å². The maximum Gasteiger partial charge on any atom is 0.331 e. The van der Waals surface area contributed by atoms with Crippen LogP contribution in [0.1, 0.15) is 65.7 Å². The predicted octanol–water partition coefficient (Wildman–Crippen LogP) is 4.88. The van der Waals surface area contributed by atoms with Crippen molar-refractivity contribution in [3.63, 3.8) is 0 Å². The molecule has 1 aliphatic carbocycles. The van der Waals surface area contributed by atoms with Gasteiger partial charge in [0, 0.05) is 5.57 Å². The van der Waals surface area contributed by atoms with E-state index in [0.29, 0.717) is 36.7 Å². The fourth-order valence-electron chi connectivity index (χ4n) is 3.07. The van der Waals surface area contributed by atoms with Crippen LogP contribution < -0.4 is 0 Å². The quantitative estimate of drug-likeness (QED) is 0.729. The molecule has 0 radical (unpaired) electrons. The summed E-state index contributed by atoms with van der Waals surface area (Å²) in [5, 5.41) is 18.8. The van der Waals surface area contributed by atoms with Gasteiger partial charge in [0.15, 0.2) is 0 Å². The molecular weight excluding hydrogens is 288 g/mol. The van der Waals surface area contributed by atoms with Crippen LogP contribution in [0, 0.1) is 11.8 Å². The second kappa shape index (κ2) is 10.4. The number of aliphatic carboxylic acids is 1. The van der Waals surface area contributed by atoms with Crippen molar-refractivity contribution in [2.45, 2.75) is 65.7 Å². The van der Waals surface area contributed by atoms with Gasteiger partial charge in [0.1, 0.15) is 0 Å². The number of rotatable bonds is 3. The van der Waals surface area contributed by atoms with Crippen molar-refractivity contribution >= 4 is 5.97 Å². The molecule has 0 aromatic carbocycles. The van der Waals surface area contributed by atoms with E-state index in [2.05, 4.69) is 26.8 Å². The van der Waals surface area contributed by atoms with Crippen LogP contribution in [0.3, 0.4) is 0 Å². The number of aliphatic hydroxyl groups is 1. The number of aliphatic hydroxyl groups excluding tert-OH is 1. The fraction of sp³-hybridized carbons (Fsp3) is 0.650. The van der Waals surface area contributed by atoms with Gasteiger partial charge in [-0.05, 0) is 69.3 Å². The Morgan fingerprint density at radius 1 is 1.17 bits per heavy atom. The number of hydrogen-bond acceptors (Lipinski definition) is 2. The Labute approximate surface area is 140 Å². The number of carboxylic acid groups (broad SMARTS) is 1. The molecule has 2 N–H and O–H groups in total. The summed E-state index contributed by atoms with van der Waals surface area (Å²) in [6, 6.07) is 0. The molecular formula is C20H32O3. The maximum atomic E-state index is 11.3. The zero-order chi connectivity index (χ0) is 17.2. The van der Waals surface area contributed by atoms with E-state index in [1.807, 2.05) is 12.2 Å². The van der Waals surface area contributed by atoms with Gasteiger partial charge in [0.05, 0.1) is 6.61 Å². The van der Waals surface area contributed by atoms with Crippen molar-refractivity contribution in [3.05, 3.63) is 34.9 Å². The zero-order valence-electron chi connectivity index (χ0n) is 14.8. The Kier molecular flexibility index (Phi) is 8.93. The van der Waals surface area contributed by atoms with Crippen molar-refractivity contribution in [1.29, 1.82) is 0 Å². The molecule has 3 nitrogen and oxygen atoms in total. The average molecular weight is 320 g/mol. The Morgan fingerprint density at radius 3 is 2.48 bits per heavy atom. The molecule has 0 spiro atoms. The molecule has 1 aliphatic rings. The van der Waals surface area contributed by atoms with Gasteiger partial charge in [-0.15, -0.1) is 0 Å². The molecule has 0 unspecified atom stereocenters. The summed E-state index contributed by atoms with van der Waals surface area (Å²) < 4.78 is 0. The standard InChI is InChI=1S/C20H32O3/c1-15(2)18-12-10-16(3)6-4-8-19(20(22)23)9-5-7-17(14-21)11-13-18/h6-8,15,18,21H,4-5,9-14H2,1-3H3,(H,22,23)/b16-6-,17-7+,19-8+/t18-/m0/s1. The van der Waals surface area contributed by atoms with Gasteiger partial charge in [-0.25, -0.2) is 4.79 Å². The smallest absolute Gasteiger partial charge is 0.331 e. The summed E-state index contributed by atoms with van der Waals surface area (Å²) >= 11 is 0. The molecule has 0 aromatic rings. The number of hydrogen-bond donors (Lipinski definition) is 2. The summed E-state index contributed by atoms with van der Waals surface area (Å²) in [6.07, 6.45) is 12.1. The van der Waals surface area contributed by atoms with Gasteiger partial charge in [-0.1, -0.05) is 37.6 Å². The number of carboxylic acids is 1. The highest BCUT2D eigenvalue weighted by Gasteiger charge is 2.14. The Morgan fingerprint density at radius 2 is 1.87 bits per heavy atom. The minimum Gasteiger partial charge on any atom is -0.478 e. The molecule has 130 valence electrons. The van der Waals surface area contributed by atoms with E-state index in [4.69, 9.17) is 0 Å². The van der Waals surface area contributed by atoms with Crippen LogP contribution in [-0.2, 0) is 4.79 Å². The number of carbonyl (C=O) groups is 1. The van der Waals surface area contributed by atoms with Crippen molar-refractivity contribution in [2.24, 2.45) is 11.8 Å². The third kappa shape index (κ3) is 7.65. The lowest BCUT2D eigenvalue weighted by molar-refractivity contribution is -0.132. The Balaban J connectivity index is 2.91. The lowest BCUT2D eigenvalue weighted by Gasteiger charge is -2.21. The molecule has 0 aromatic heterocycles. The van der Waals surface area contributed by atoms with Crippen LogP contribution >= 0.6 is 0 Å². The van der Waals surface area contributed by atoms with Gasteiger partial charge in [-0.3, -0.25) is 0 Å². The monoisotopic (exact) mass is 320 g/mol. The van der Waals surface area contributed by atoms with Gasteiger partial charge >= 0.3 is 5.97 Å². The molecule has 3 heteroatoms. The van der Waals surface area contributed by atoms with Gasteiger partial charge in [0.2, 0.25) is 0 Å². The minimum atomic E-state index is -0.832. The van der Waals surface area contributed by atoms with E-state index < -0.39 is 5.97 Å². The maximum absolute atomic E-state index is 11.3. The van der Waals surface area contributed by atoms with Crippen LogP contribution in [0.15, 0.2) is 34.9 Å². The van der Waals surface area contributed by atoms with Crippen molar-refractivity contribution in [2.75, 3.05) is 6.61 Å². The Hall–Kier alpha value is -1.35. The Bertz CT molecular complexity index is 469. The SMILES string of the molecule is C/C1=C/C/C=C(/C(=O)O)CC/C=C(/CO)CC[C@@H](C(C)C)CC1. The molecule has 0 aliphatic heterocycles. The largest absolute Gasteiger partial charge is 0.478 e. The molecule has 0 fully saturated rings. The van der Waals surface area contributed by atoms with Gasteiger partial charge in [-0.2, -0.15) is 0 Å². The molecule has 0 bridgehead atoms. The predicted molar refractivity (Wildman–Crippen MR) is 95.3 cm³/mol. The molecule has 0 heterocycles. The van der Waals surface area contributed by atoms with Crippen LogP contribution in [0.25, 0.3) is 0 Å². The number of allylic oxidation sites excluding steroid dienone is 4. The van der Waals surface area contributed by atoms with Crippen molar-refractivity contribution in [3.8, 4) is 0 Å². The van der Waals surface area contributed by atoms with Crippen molar-refractivity contribution in [1.82, 2.24) is 0 Å². The molecule has 0 saturated carbocycles. The first kappa shape index (κ1) is 19.7. The zero-order valence-corrected chi connectivity index (χ0v) is 14.8. The van der Waals surface area contributed by atoms with E-state index in [9.17, 15) is 15.0 Å². The second-order valence-corrected chi connectivity index (χ2v) is 6.96. The highest BCUT2D eigenvalue weighted by molar-refractivity contribution is 5.86. The first-order valence-corrected chi connectivity index (χ1v) is 8.80. The first-order valence-electron chi connectivity index (χ1n) is 8.80. The fourth-order valence-corrected chi connectivity index (χ4v) is 3.07. The average Bonchev–Trinajstić information content (AvgIpc) is 2.50. The summed E-state index contributed by atoms with van der Waals surface area (Å²) in [6.45, 7) is 6.76. The van der Waals surface area contributed by atoms with Crippen LogP contribution in [0.5, 0.6) is 0 Å². The minimum absolute atomic E-state index is 0.0792. The molecule has 1 atom stereocenters. The summed E-state index contributed by atoms with van der Waals surface area (Å²) in [5.41, 5.74) is 2.86. The van der Waals surface area contributed by atoms with E-state index in [1.54, 1.807) is 0 Å². The molecule has 0 amide bonds. The third-order valence-corrected chi connectivity index (χ3v) is 4.84. The summed E-state index contributed by atoms with van der Waals surface area (Å²) in [4.78, 5) is 11.3. The van der Waals surface area contributed by atoms with Crippen LogP contribution in [-0.4, -0.2) is 22.8 Å². The lowest BCUT2D eigenvalue weighted by atomic mass is 9.84. The second-order valence-electron chi connectivity index (χ2n) is 6.96.